The van der Waals surface area contributed by atoms with Gasteiger partial charge >= 0.3 is 0 Å². The van der Waals surface area contributed by atoms with E-state index in [9.17, 15) is 8.78 Å². The van der Waals surface area contributed by atoms with Crippen LogP contribution < -0.4 is 5.32 Å². The van der Waals surface area contributed by atoms with Crippen LogP contribution in [0.5, 0.6) is 0 Å². The Labute approximate surface area is 103 Å². The Morgan fingerprint density at radius 2 is 2.17 bits per heavy atom. The lowest BCUT2D eigenvalue weighted by molar-refractivity contribution is 0.468. The van der Waals surface area contributed by atoms with Crippen LogP contribution in [0.2, 0.25) is 0 Å². The molecule has 5 heteroatoms. The van der Waals surface area contributed by atoms with Crippen molar-refractivity contribution in [3.05, 3.63) is 41.9 Å². The molecule has 18 heavy (non-hydrogen) atoms. The lowest BCUT2D eigenvalue weighted by Gasteiger charge is -2.00. The van der Waals surface area contributed by atoms with E-state index in [1.807, 2.05) is 0 Å². The Kier molecular flexibility index (Phi) is 2.83. The summed E-state index contributed by atoms with van der Waals surface area (Å²) in [6, 6.07) is 4.53. The Hall–Kier alpha value is -1.75. The molecule has 0 amide bonds. The summed E-state index contributed by atoms with van der Waals surface area (Å²) >= 11 is 0. The molecular formula is C13H12F2N2O. The maximum atomic E-state index is 13.5. The number of rotatable bonds is 4. The molecule has 1 aromatic heterocycles. The molecule has 0 atom stereocenters. The average Bonchev–Trinajstić information content (AvgIpc) is 3.08. The zero-order valence-corrected chi connectivity index (χ0v) is 9.62. The summed E-state index contributed by atoms with van der Waals surface area (Å²) in [6.45, 7) is 0.515. The predicted octanol–water partition coefficient (Wildman–Crippen LogP) is 2.87. The number of oxazole rings is 1. The van der Waals surface area contributed by atoms with Crippen LogP contribution in [0.1, 0.15) is 18.7 Å². The van der Waals surface area contributed by atoms with Crippen LogP contribution in [0, 0.1) is 11.6 Å². The van der Waals surface area contributed by atoms with Gasteiger partial charge in [0, 0.05) is 6.04 Å². The minimum Gasteiger partial charge on any atom is -0.439 e. The van der Waals surface area contributed by atoms with Crippen LogP contribution in [0.4, 0.5) is 8.78 Å². The highest BCUT2D eigenvalue weighted by Crippen LogP contribution is 2.25. The van der Waals surface area contributed by atoms with Crippen molar-refractivity contribution in [2.75, 3.05) is 0 Å². The fraction of sp³-hybridized carbons (Fsp3) is 0.308. The summed E-state index contributed by atoms with van der Waals surface area (Å²) < 4.78 is 32.0. The normalized spacial score (nSPS) is 15.0. The van der Waals surface area contributed by atoms with Crippen LogP contribution in [-0.4, -0.2) is 11.0 Å². The summed E-state index contributed by atoms with van der Waals surface area (Å²) in [4.78, 5) is 4.04. The van der Waals surface area contributed by atoms with Gasteiger partial charge in [-0.2, -0.15) is 0 Å². The first-order chi connectivity index (χ1) is 8.74. The van der Waals surface area contributed by atoms with Crippen molar-refractivity contribution in [3.63, 3.8) is 0 Å². The molecule has 3 nitrogen and oxygen atoms in total. The number of hydrogen-bond acceptors (Lipinski definition) is 3. The minimum absolute atomic E-state index is 0.0974. The third-order valence-electron chi connectivity index (χ3n) is 2.89. The molecule has 1 aromatic carbocycles. The summed E-state index contributed by atoms with van der Waals surface area (Å²) in [5, 5.41) is 3.24. The van der Waals surface area contributed by atoms with E-state index in [4.69, 9.17) is 4.42 Å². The van der Waals surface area contributed by atoms with E-state index < -0.39 is 11.6 Å². The van der Waals surface area contributed by atoms with E-state index in [-0.39, 0.29) is 11.3 Å². The topological polar surface area (TPSA) is 38.1 Å². The quantitative estimate of drug-likeness (QED) is 0.906. The number of benzene rings is 1. The van der Waals surface area contributed by atoms with Crippen LogP contribution in [0.15, 0.2) is 28.8 Å². The van der Waals surface area contributed by atoms with Crippen LogP contribution in [-0.2, 0) is 6.54 Å². The zero-order valence-electron chi connectivity index (χ0n) is 9.62. The Balaban J connectivity index is 1.80. The van der Waals surface area contributed by atoms with E-state index >= 15 is 0 Å². The SMILES string of the molecule is Fc1cccc(-c2cnc(CNC3CC3)o2)c1F. The lowest BCUT2D eigenvalue weighted by Crippen LogP contribution is -2.15. The van der Waals surface area contributed by atoms with E-state index in [0.29, 0.717) is 18.5 Å². The molecule has 1 aliphatic rings. The summed E-state index contributed by atoms with van der Waals surface area (Å²) in [5.41, 5.74) is 0.0974. The van der Waals surface area contributed by atoms with Crippen molar-refractivity contribution < 1.29 is 13.2 Å². The van der Waals surface area contributed by atoms with Crippen molar-refractivity contribution in [2.24, 2.45) is 0 Å². The van der Waals surface area contributed by atoms with Gasteiger partial charge in [-0.05, 0) is 25.0 Å². The molecule has 1 saturated carbocycles. The first-order valence-electron chi connectivity index (χ1n) is 5.86. The highest BCUT2D eigenvalue weighted by atomic mass is 19.2. The van der Waals surface area contributed by atoms with Crippen molar-refractivity contribution >= 4 is 0 Å². The molecule has 1 aliphatic carbocycles. The van der Waals surface area contributed by atoms with Gasteiger partial charge in [-0.15, -0.1) is 0 Å². The Morgan fingerprint density at radius 3 is 2.94 bits per heavy atom. The van der Waals surface area contributed by atoms with Crippen LogP contribution >= 0.6 is 0 Å². The fourth-order valence-electron chi connectivity index (χ4n) is 1.73. The Bertz CT molecular complexity index is 564. The molecular weight excluding hydrogens is 238 g/mol. The number of nitrogens with zero attached hydrogens (tertiary/aromatic N) is 1. The molecule has 0 saturated heterocycles. The molecule has 0 bridgehead atoms. The first-order valence-corrected chi connectivity index (χ1v) is 5.86. The first kappa shape index (κ1) is 11.3. The maximum Gasteiger partial charge on any atom is 0.208 e. The molecule has 0 spiro atoms. The van der Waals surface area contributed by atoms with Crippen molar-refractivity contribution in [1.29, 1.82) is 0 Å². The smallest absolute Gasteiger partial charge is 0.208 e. The predicted molar refractivity (Wildman–Crippen MR) is 61.7 cm³/mol. The van der Waals surface area contributed by atoms with Crippen molar-refractivity contribution in [1.82, 2.24) is 10.3 Å². The molecule has 94 valence electrons. The Morgan fingerprint density at radius 1 is 1.33 bits per heavy atom. The maximum absolute atomic E-state index is 13.5. The third-order valence-corrected chi connectivity index (χ3v) is 2.89. The van der Waals surface area contributed by atoms with Crippen LogP contribution in [0.3, 0.4) is 0 Å². The van der Waals surface area contributed by atoms with Crippen molar-refractivity contribution in [3.8, 4) is 11.3 Å². The molecule has 3 rings (SSSR count). The van der Waals surface area contributed by atoms with Gasteiger partial charge in [0.15, 0.2) is 17.4 Å². The summed E-state index contributed by atoms with van der Waals surface area (Å²) in [6.07, 6.45) is 3.76. The van der Waals surface area contributed by atoms with Crippen LogP contribution in [0.25, 0.3) is 11.3 Å². The summed E-state index contributed by atoms with van der Waals surface area (Å²) in [7, 11) is 0. The van der Waals surface area contributed by atoms with Crippen molar-refractivity contribution in [2.45, 2.75) is 25.4 Å². The van der Waals surface area contributed by atoms with Gasteiger partial charge in [-0.1, -0.05) is 6.07 Å². The number of hydrogen-bond donors (Lipinski definition) is 1. The second kappa shape index (κ2) is 4.49. The standard InChI is InChI=1S/C13H12F2N2O/c14-10-3-1-2-9(13(10)15)11-6-17-12(18-11)7-16-8-4-5-8/h1-3,6,8,16H,4-5,7H2. The van der Waals surface area contributed by atoms with E-state index in [1.54, 1.807) is 0 Å². The molecule has 0 unspecified atom stereocenters. The highest BCUT2D eigenvalue weighted by Gasteiger charge is 2.21. The average molecular weight is 250 g/mol. The van der Waals surface area contributed by atoms with Gasteiger partial charge in [0.2, 0.25) is 5.89 Å². The summed E-state index contributed by atoms with van der Waals surface area (Å²) in [5.74, 6) is -1.06. The highest BCUT2D eigenvalue weighted by molar-refractivity contribution is 5.57. The molecule has 0 radical (unpaired) electrons. The fourth-order valence-corrected chi connectivity index (χ4v) is 1.73. The van der Waals surface area contributed by atoms with E-state index in [0.717, 1.165) is 6.07 Å². The van der Waals surface area contributed by atoms with Gasteiger partial charge in [0.25, 0.3) is 0 Å². The molecule has 2 aromatic rings. The van der Waals surface area contributed by atoms with Gasteiger partial charge in [0.05, 0.1) is 18.3 Å². The van der Waals surface area contributed by atoms with Gasteiger partial charge in [-0.25, -0.2) is 13.8 Å². The molecule has 0 aliphatic heterocycles. The number of nitrogens with one attached hydrogen (secondary N) is 1. The zero-order chi connectivity index (χ0) is 12.5. The largest absolute Gasteiger partial charge is 0.439 e. The molecule has 1 fully saturated rings. The van der Waals surface area contributed by atoms with Gasteiger partial charge in [-0.3, -0.25) is 0 Å². The molecule has 1 heterocycles. The second-order valence-corrected chi connectivity index (χ2v) is 4.37. The van der Waals surface area contributed by atoms with Gasteiger partial charge < -0.3 is 9.73 Å². The third kappa shape index (κ3) is 2.26. The monoisotopic (exact) mass is 250 g/mol. The lowest BCUT2D eigenvalue weighted by atomic mass is 10.2. The minimum atomic E-state index is -0.907. The number of aromatic nitrogens is 1. The van der Waals surface area contributed by atoms with E-state index in [1.165, 1.54) is 31.2 Å². The molecule has 1 N–H and O–H groups in total. The second-order valence-electron chi connectivity index (χ2n) is 4.37. The van der Waals surface area contributed by atoms with E-state index in [2.05, 4.69) is 10.3 Å². The van der Waals surface area contributed by atoms with Gasteiger partial charge in [0.1, 0.15) is 0 Å². The number of halogens is 2.